The third kappa shape index (κ3) is 6.53. The molecule has 0 radical (unpaired) electrons. The number of ether oxygens (including phenoxy) is 1. The summed E-state index contributed by atoms with van der Waals surface area (Å²) in [5.74, 6) is -0.245. The van der Waals surface area contributed by atoms with Crippen molar-refractivity contribution >= 4 is 27.3 Å². The Morgan fingerprint density at radius 3 is 2.19 bits per heavy atom. The van der Waals surface area contributed by atoms with Gasteiger partial charge >= 0.3 is 0 Å². The van der Waals surface area contributed by atoms with E-state index in [0.717, 1.165) is 37.6 Å². The summed E-state index contributed by atoms with van der Waals surface area (Å²) in [6.07, 6.45) is 0.0462. The summed E-state index contributed by atoms with van der Waals surface area (Å²) in [6, 6.07) is 14.5. The van der Waals surface area contributed by atoms with E-state index in [4.69, 9.17) is 4.74 Å². The fourth-order valence-electron chi connectivity index (χ4n) is 3.32. The lowest BCUT2D eigenvalue weighted by Crippen LogP contribution is -2.36. The molecule has 1 aliphatic heterocycles. The fraction of sp³-hybridized carbons (Fsp3) is 0.435. The quantitative estimate of drug-likeness (QED) is 0.684. The maximum atomic E-state index is 12.5. The van der Waals surface area contributed by atoms with Crippen molar-refractivity contribution in [3.63, 3.8) is 0 Å². The lowest BCUT2D eigenvalue weighted by molar-refractivity contribution is -0.116. The highest BCUT2D eigenvalue weighted by Crippen LogP contribution is 2.23. The zero-order chi connectivity index (χ0) is 22.5. The zero-order valence-electron chi connectivity index (χ0n) is 18.3. The van der Waals surface area contributed by atoms with Crippen molar-refractivity contribution in [1.82, 2.24) is 4.72 Å². The van der Waals surface area contributed by atoms with Gasteiger partial charge in [0.2, 0.25) is 15.9 Å². The summed E-state index contributed by atoms with van der Waals surface area (Å²) < 4.78 is 32.8. The van der Waals surface area contributed by atoms with Crippen LogP contribution in [0.25, 0.3) is 0 Å². The molecule has 1 aliphatic rings. The van der Waals surface area contributed by atoms with Gasteiger partial charge < -0.3 is 15.0 Å². The number of hydrogen-bond donors (Lipinski definition) is 2. The monoisotopic (exact) mass is 445 g/mol. The second kappa shape index (κ2) is 9.80. The van der Waals surface area contributed by atoms with E-state index in [0.29, 0.717) is 5.69 Å². The van der Waals surface area contributed by atoms with Crippen molar-refractivity contribution in [2.45, 2.75) is 37.5 Å². The van der Waals surface area contributed by atoms with Gasteiger partial charge in [0, 0.05) is 37.4 Å². The molecule has 1 amide bonds. The standard InChI is InChI=1S/C23H31N3O4S/c1-23(2,3)18-4-10-21(11-5-18)31(28,29)24-13-12-22(27)25-19-6-8-20(9-7-19)26-14-16-30-17-15-26/h4-11,24H,12-17H2,1-3H3,(H,25,27). The minimum absolute atomic E-state index is 0.0288. The molecule has 3 rings (SSSR count). The molecule has 0 aliphatic carbocycles. The van der Waals surface area contributed by atoms with Crippen LogP contribution in [0, 0.1) is 0 Å². The average molecular weight is 446 g/mol. The smallest absolute Gasteiger partial charge is 0.240 e. The SMILES string of the molecule is CC(C)(C)c1ccc(S(=O)(=O)NCCC(=O)Nc2ccc(N3CCOCC3)cc2)cc1. The molecule has 0 spiro atoms. The lowest BCUT2D eigenvalue weighted by atomic mass is 9.87. The summed E-state index contributed by atoms with van der Waals surface area (Å²) in [5, 5.41) is 2.81. The molecular formula is C23H31N3O4S. The third-order valence-electron chi connectivity index (χ3n) is 5.20. The van der Waals surface area contributed by atoms with Crippen LogP contribution >= 0.6 is 0 Å². The number of benzene rings is 2. The van der Waals surface area contributed by atoms with E-state index in [1.54, 1.807) is 12.1 Å². The molecule has 2 aromatic rings. The van der Waals surface area contributed by atoms with Crippen LogP contribution in [-0.4, -0.2) is 47.2 Å². The molecule has 2 N–H and O–H groups in total. The van der Waals surface area contributed by atoms with Gasteiger partial charge in [0.25, 0.3) is 0 Å². The maximum absolute atomic E-state index is 12.5. The summed E-state index contributed by atoms with van der Waals surface area (Å²) in [6.45, 7) is 9.39. The fourth-order valence-corrected chi connectivity index (χ4v) is 4.35. The number of carbonyl (C=O) groups is 1. The molecule has 0 bridgehead atoms. The molecule has 1 heterocycles. The second-order valence-electron chi connectivity index (χ2n) is 8.62. The van der Waals surface area contributed by atoms with Crippen LogP contribution in [0.4, 0.5) is 11.4 Å². The molecule has 31 heavy (non-hydrogen) atoms. The molecular weight excluding hydrogens is 414 g/mol. The van der Waals surface area contributed by atoms with Crippen molar-refractivity contribution in [1.29, 1.82) is 0 Å². The van der Waals surface area contributed by atoms with Gasteiger partial charge in [-0.25, -0.2) is 13.1 Å². The Kier molecular flexibility index (Phi) is 7.35. The number of nitrogens with zero attached hydrogens (tertiary/aromatic N) is 1. The van der Waals surface area contributed by atoms with Gasteiger partial charge in [-0.2, -0.15) is 0 Å². The summed E-state index contributed by atoms with van der Waals surface area (Å²) in [4.78, 5) is 14.6. The predicted molar refractivity (Wildman–Crippen MR) is 123 cm³/mol. The number of carbonyl (C=O) groups excluding carboxylic acids is 1. The van der Waals surface area contributed by atoms with Crippen molar-refractivity contribution in [2.24, 2.45) is 0 Å². The van der Waals surface area contributed by atoms with Crippen LogP contribution in [0.15, 0.2) is 53.4 Å². The first-order valence-electron chi connectivity index (χ1n) is 10.5. The Morgan fingerprint density at radius 1 is 1.00 bits per heavy atom. The highest BCUT2D eigenvalue weighted by molar-refractivity contribution is 7.89. The van der Waals surface area contributed by atoms with Gasteiger partial charge in [0.15, 0.2) is 0 Å². The molecule has 8 heteroatoms. The van der Waals surface area contributed by atoms with E-state index < -0.39 is 10.0 Å². The van der Waals surface area contributed by atoms with E-state index >= 15 is 0 Å². The minimum atomic E-state index is -3.65. The van der Waals surface area contributed by atoms with E-state index in [1.807, 2.05) is 36.4 Å². The first-order chi connectivity index (χ1) is 14.6. The summed E-state index contributed by atoms with van der Waals surface area (Å²) in [7, 11) is -3.65. The van der Waals surface area contributed by atoms with E-state index in [2.05, 4.69) is 35.7 Å². The van der Waals surface area contributed by atoms with Crippen molar-refractivity contribution in [2.75, 3.05) is 43.1 Å². The van der Waals surface area contributed by atoms with Crippen LogP contribution in [0.2, 0.25) is 0 Å². The largest absolute Gasteiger partial charge is 0.378 e. The molecule has 7 nitrogen and oxygen atoms in total. The Morgan fingerprint density at radius 2 is 1.61 bits per heavy atom. The Balaban J connectivity index is 1.48. The van der Waals surface area contributed by atoms with E-state index in [-0.39, 0.29) is 29.2 Å². The van der Waals surface area contributed by atoms with Gasteiger partial charge in [0.1, 0.15) is 0 Å². The molecule has 0 unspecified atom stereocenters. The molecule has 0 aromatic heterocycles. The third-order valence-corrected chi connectivity index (χ3v) is 6.68. The van der Waals surface area contributed by atoms with Gasteiger partial charge in [-0.3, -0.25) is 4.79 Å². The topological polar surface area (TPSA) is 87.7 Å². The first kappa shape index (κ1) is 23.2. The molecule has 0 saturated carbocycles. The van der Waals surface area contributed by atoms with Crippen molar-refractivity contribution in [3.05, 3.63) is 54.1 Å². The number of anilines is 2. The molecule has 2 aromatic carbocycles. The van der Waals surface area contributed by atoms with Gasteiger partial charge in [-0.15, -0.1) is 0 Å². The Hall–Kier alpha value is -2.42. The summed E-state index contributed by atoms with van der Waals surface area (Å²) in [5.41, 5.74) is 2.79. The number of nitrogens with one attached hydrogen (secondary N) is 2. The van der Waals surface area contributed by atoms with Crippen LogP contribution in [0.3, 0.4) is 0 Å². The highest BCUT2D eigenvalue weighted by atomic mass is 32.2. The summed E-state index contributed by atoms with van der Waals surface area (Å²) >= 11 is 0. The van der Waals surface area contributed by atoms with E-state index in [1.165, 1.54) is 0 Å². The van der Waals surface area contributed by atoms with Crippen LogP contribution in [0.1, 0.15) is 32.8 Å². The highest BCUT2D eigenvalue weighted by Gasteiger charge is 2.18. The normalized spacial score (nSPS) is 15.0. The Labute approximate surface area is 184 Å². The van der Waals surface area contributed by atoms with Crippen LogP contribution < -0.4 is 14.9 Å². The Bertz CT molecular complexity index is 975. The number of rotatable bonds is 7. The molecule has 1 saturated heterocycles. The second-order valence-corrected chi connectivity index (χ2v) is 10.4. The first-order valence-corrected chi connectivity index (χ1v) is 12.0. The lowest BCUT2D eigenvalue weighted by Gasteiger charge is -2.28. The average Bonchev–Trinajstić information content (AvgIpc) is 2.74. The van der Waals surface area contributed by atoms with Crippen molar-refractivity contribution < 1.29 is 17.9 Å². The number of amides is 1. The van der Waals surface area contributed by atoms with E-state index in [9.17, 15) is 13.2 Å². The van der Waals surface area contributed by atoms with Gasteiger partial charge in [0.05, 0.1) is 18.1 Å². The molecule has 1 fully saturated rings. The van der Waals surface area contributed by atoms with Gasteiger partial charge in [-0.05, 0) is 47.4 Å². The number of morpholine rings is 1. The minimum Gasteiger partial charge on any atom is -0.378 e. The predicted octanol–water partition coefficient (Wildman–Crippen LogP) is 3.13. The van der Waals surface area contributed by atoms with Crippen molar-refractivity contribution in [3.8, 4) is 0 Å². The number of sulfonamides is 1. The van der Waals surface area contributed by atoms with Gasteiger partial charge in [-0.1, -0.05) is 32.9 Å². The number of hydrogen-bond acceptors (Lipinski definition) is 5. The molecule has 0 atom stereocenters. The maximum Gasteiger partial charge on any atom is 0.240 e. The van der Waals surface area contributed by atoms with Crippen LogP contribution in [0.5, 0.6) is 0 Å². The molecule has 168 valence electrons. The van der Waals surface area contributed by atoms with Crippen LogP contribution in [-0.2, 0) is 25.0 Å². The zero-order valence-corrected chi connectivity index (χ0v) is 19.2.